The molecule has 1 amide bonds. The monoisotopic (exact) mass is 376 g/mol. The summed E-state index contributed by atoms with van der Waals surface area (Å²) in [4.78, 5) is 27.3. The van der Waals surface area contributed by atoms with E-state index in [0.717, 1.165) is 24.5 Å². The van der Waals surface area contributed by atoms with Crippen molar-refractivity contribution in [3.63, 3.8) is 0 Å². The lowest BCUT2D eigenvalue weighted by Gasteiger charge is -2.30. The molecular weight excluding hydrogens is 356 g/mol. The third-order valence-electron chi connectivity index (χ3n) is 4.30. The van der Waals surface area contributed by atoms with Crippen LogP contribution in [0.5, 0.6) is 0 Å². The highest BCUT2D eigenvalue weighted by Gasteiger charge is 2.16. The fraction of sp³-hybridized carbons (Fsp3) is 0.368. The molecule has 0 aliphatic carbocycles. The maximum Gasteiger partial charge on any atom is 0.224 e. The van der Waals surface area contributed by atoms with Gasteiger partial charge >= 0.3 is 0 Å². The van der Waals surface area contributed by atoms with Crippen LogP contribution in [0.25, 0.3) is 0 Å². The molecule has 3 rings (SSSR count). The molecule has 1 N–H and O–H groups in total. The molecule has 25 heavy (non-hydrogen) atoms. The van der Waals surface area contributed by atoms with Crippen molar-refractivity contribution >= 4 is 46.0 Å². The zero-order valence-corrected chi connectivity index (χ0v) is 15.5. The molecule has 4 nitrogen and oxygen atoms in total. The number of amides is 1. The first-order valence-electron chi connectivity index (χ1n) is 8.56. The van der Waals surface area contributed by atoms with Crippen molar-refractivity contribution in [2.75, 3.05) is 23.3 Å². The molecule has 1 aromatic carbocycles. The average molecular weight is 377 g/mol. The number of Topliss-reactive ketones (excluding diaryl/α,β-unsaturated/α-hetero) is 1. The second kappa shape index (κ2) is 8.50. The Morgan fingerprint density at radius 3 is 2.52 bits per heavy atom. The summed E-state index contributed by atoms with van der Waals surface area (Å²) in [5.74, 6) is -0.183. The molecule has 0 saturated carbocycles. The third-order valence-corrected chi connectivity index (χ3v) is 5.57. The number of nitrogens with zero attached hydrogens (tertiary/aromatic N) is 1. The topological polar surface area (TPSA) is 49.4 Å². The third kappa shape index (κ3) is 4.83. The van der Waals surface area contributed by atoms with Gasteiger partial charge in [0, 0.05) is 25.9 Å². The van der Waals surface area contributed by atoms with Crippen molar-refractivity contribution < 1.29 is 9.59 Å². The standard InChI is InChI=1S/C19H21ClN2O2S/c20-18-10-9-17(25-18)16(23)8-11-19(24)21-14-6-2-3-7-15(14)22-12-4-1-5-13-22/h2-3,6-7,9-10H,1,4-5,8,11-13H2,(H,21,24). The van der Waals surface area contributed by atoms with Gasteiger partial charge in [0.25, 0.3) is 0 Å². The summed E-state index contributed by atoms with van der Waals surface area (Å²) in [6.45, 7) is 2.04. The molecule has 0 unspecified atom stereocenters. The zero-order chi connectivity index (χ0) is 17.6. The first-order chi connectivity index (χ1) is 12.1. The quantitative estimate of drug-likeness (QED) is 0.722. The molecule has 0 radical (unpaired) electrons. The van der Waals surface area contributed by atoms with Crippen LogP contribution in [0.4, 0.5) is 11.4 Å². The molecule has 0 atom stereocenters. The second-order valence-electron chi connectivity index (χ2n) is 6.14. The van der Waals surface area contributed by atoms with Gasteiger partial charge in [-0.05, 0) is 43.5 Å². The van der Waals surface area contributed by atoms with Gasteiger partial charge in [-0.15, -0.1) is 11.3 Å². The Balaban J connectivity index is 1.58. The van der Waals surface area contributed by atoms with Gasteiger partial charge in [-0.25, -0.2) is 0 Å². The van der Waals surface area contributed by atoms with Crippen LogP contribution < -0.4 is 10.2 Å². The van der Waals surface area contributed by atoms with E-state index in [1.54, 1.807) is 12.1 Å². The number of carbonyl (C=O) groups is 2. The molecule has 6 heteroatoms. The number of piperidine rings is 1. The molecule has 1 aromatic heterocycles. The van der Waals surface area contributed by atoms with Crippen molar-refractivity contribution in [2.45, 2.75) is 32.1 Å². The maximum atomic E-state index is 12.3. The van der Waals surface area contributed by atoms with Crippen molar-refractivity contribution in [3.05, 3.63) is 45.6 Å². The Kier molecular flexibility index (Phi) is 6.10. The van der Waals surface area contributed by atoms with E-state index in [-0.39, 0.29) is 24.5 Å². The SMILES string of the molecule is O=C(CCC(=O)c1ccc(Cl)s1)Nc1ccccc1N1CCCCC1. The molecule has 0 bridgehead atoms. The van der Waals surface area contributed by atoms with Gasteiger partial charge in [0.2, 0.25) is 5.91 Å². The van der Waals surface area contributed by atoms with Crippen LogP contribution >= 0.6 is 22.9 Å². The summed E-state index contributed by atoms with van der Waals surface area (Å²) < 4.78 is 0.586. The smallest absolute Gasteiger partial charge is 0.224 e. The number of nitrogens with one attached hydrogen (secondary N) is 1. The van der Waals surface area contributed by atoms with E-state index in [1.165, 1.54) is 30.6 Å². The zero-order valence-electron chi connectivity index (χ0n) is 14.0. The normalized spacial score (nSPS) is 14.4. The van der Waals surface area contributed by atoms with Gasteiger partial charge in [0.15, 0.2) is 5.78 Å². The predicted octanol–water partition coefficient (Wildman–Crippen LogP) is 4.99. The molecule has 1 fully saturated rings. The highest BCUT2D eigenvalue weighted by atomic mass is 35.5. The number of rotatable bonds is 6. The summed E-state index contributed by atoms with van der Waals surface area (Å²) >= 11 is 7.10. The molecular formula is C19H21ClN2O2S. The minimum Gasteiger partial charge on any atom is -0.370 e. The van der Waals surface area contributed by atoms with Crippen molar-refractivity contribution in [3.8, 4) is 0 Å². The van der Waals surface area contributed by atoms with Crippen molar-refractivity contribution in [1.29, 1.82) is 0 Å². The van der Waals surface area contributed by atoms with Crippen LogP contribution in [0.3, 0.4) is 0 Å². The van der Waals surface area contributed by atoms with E-state index in [9.17, 15) is 9.59 Å². The summed E-state index contributed by atoms with van der Waals surface area (Å²) in [6.07, 6.45) is 3.98. The highest BCUT2D eigenvalue weighted by Crippen LogP contribution is 2.28. The highest BCUT2D eigenvalue weighted by molar-refractivity contribution is 7.18. The summed E-state index contributed by atoms with van der Waals surface area (Å²) in [5.41, 5.74) is 1.88. The van der Waals surface area contributed by atoms with Gasteiger partial charge in [0.05, 0.1) is 20.6 Å². The average Bonchev–Trinajstić information content (AvgIpc) is 3.07. The largest absolute Gasteiger partial charge is 0.370 e. The Morgan fingerprint density at radius 2 is 1.80 bits per heavy atom. The fourth-order valence-corrected chi connectivity index (χ4v) is 4.03. The van der Waals surface area contributed by atoms with E-state index >= 15 is 0 Å². The van der Waals surface area contributed by atoms with E-state index in [4.69, 9.17) is 11.6 Å². The van der Waals surface area contributed by atoms with Gasteiger partial charge in [0.1, 0.15) is 0 Å². The van der Waals surface area contributed by atoms with Crippen LogP contribution in [0.15, 0.2) is 36.4 Å². The Morgan fingerprint density at radius 1 is 1.04 bits per heavy atom. The van der Waals surface area contributed by atoms with Gasteiger partial charge in [-0.1, -0.05) is 23.7 Å². The number of ketones is 1. The van der Waals surface area contributed by atoms with E-state index < -0.39 is 0 Å². The lowest BCUT2D eigenvalue weighted by Crippen LogP contribution is -2.30. The van der Waals surface area contributed by atoms with Crippen LogP contribution in [-0.4, -0.2) is 24.8 Å². The minimum atomic E-state index is -0.138. The number of anilines is 2. The molecule has 1 saturated heterocycles. The van der Waals surface area contributed by atoms with Gasteiger partial charge in [-0.3, -0.25) is 9.59 Å². The summed E-state index contributed by atoms with van der Waals surface area (Å²) in [5, 5.41) is 2.96. The van der Waals surface area contributed by atoms with Crippen LogP contribution in [0, 0.1) is 0 Å². The minimum absolute atomic E-state index is 0.0450. The summed E-state index contributed by atoms with van der Waals surface area (Å²) in [7, 11) is 0. The lowest BCUT2D eigenvalue weighted by atomic mass is 10.1. The molecule has 1 aliphatic heterocycles. The second-order valence-corrected chi connectivity index (χ2v) is 7.86. The Labute approximate surface area is 156 Å². The van der Waals surface area contributed by atoms with Gasteiger partial charge < -0.3 is 10.2 Å². The van der Waals surface area contributed by atoms with Crippen LogP contribution in [0.1, 0.15) is 41.8 Å². The maximum absolute atomic E-state index is 12.3. The number of carbonyl (C=O) groups excluding carboxylic acids is 2. The van der Waals surface area contributed by atoms with Gasteiger partial charge in [-0.2, -0.15) is 0 Å². The first kappa shape index (κ1) is 18.0. The molecule has 2 aromatic rings. The number of benzene rings is 1. The number of halogens is 1. The molecule has 1 aliphatic rings. The summed E-state index contributed by atoms with van der Waals surface area (Å²) in [6, 6.07) is 11.3. The Bertz CT molecular complexity index is 753. The van der Waals surface area contributed by atoms with E-state index in [0.29, 0.717) is 9.21 Å². The number of hydrogen-bond donors (Lipinski definition) is 1. The fourth-order valence-electron chi connectivity index (χ4n) is 3.02. The van der Waals surface area contributed by atoms with E-state index in [2.05, 4.69) is 10.2 Å². The molecule has 0 spiro atoms. The number of para-hydroxylation sites is 2. The van der Waals surface area contributed by atoms with E-state index in [1.807, 2.05) is 24.3 Å². The molecule has 2 heterocycles. The first-order valence-corrected chi connectivity index (χ1v) is 9.75. The predicted molar refractivity (Wildman–Crippen MR) is 104 cm³/mol. The van der Waals surface area contributed by atoms with Crippen LogP contribution in [0.2, 0.25) is 4.34 Å². The Hall–Kier alpha value is -1.85. The lowest BCUT2D eigenvalue weighted by molar-refractivity contribution is -0.116. The van der Waals surface area contributed by atoms with Crippen molar-refractivity contribution in [1.82, 2.24) is 0 Å². The van der Waals surface area contributed by atoms with Crippen molar-refractivity contribution in [2.24, 2.45) is 0 Å². The molecule has 132 valence electrons. The number of hydrogen-bond acceptors (Lipinski definition) is 4. The van der Waals surface area contributed by atoms with Crippen LogP contribution in [-0.2, 0) is 4.79 Å². The number of thiophene rings is 1.